The third-order valence-corrected chi connectivity index (χ3v) is 3.13. The molecule has 3 rings (SSSR count). The molecule has 0 bridgehead atoms. The lowest BCUT2D eigenvalue weighted by Crippen LogP contribution is -1.95. The van der Waals surface area contributed by atoms with Crippen LogP contribution in [0.5, 0.6) is 0 Å². The van der Waals surface area contributed by atoms with E-state index in [-0.39, 0.29) is 5.69 Å². The average molecular weight is 253 g/mol. The summed E-state index contributed by atoms with van der Waals surface area (Å²) in [5.74, 6) is 0. The fourth-order valence-electron chi connectivity index (χ4n) is 2.26. The number of para-hydroxylation sites is 1. The maximum atomic E-state index is 10.8. The minimum Gasteiger partial charge on any atom is -0.387 e. The molecule has 1 aromatic heterocycles. The summed E-state index contributed by atoms with van der Waals surface area (Å²) in [5.41, 5.74) is 2.44. The van der Waals surface area contributed by atoms with E-state index in [0.29, 0.717) is 5.52 Å². The lowest BCUT2D eigenvalue weighted by molar-refractivity contribution is -0.384. The number of fused-ring (bicyclic) bond motifs is 2. The first-order chi connectivity index (χ1) is 9.20. The Morgan fingerprint density at radius 3 is 2.58 bits per heavy atom. The van der Waals surface area contributed by atoms with Gasteiger partial charge in [0, 0.05) is 30.0 Å². The highest BCUT2D eigenvalue weighted by Gasteiger charge is 2.11. The van der Waals surface area contributed by atoms with Crippen molar-refractivity contribution in [3.8, 4) is 0 Å². The van der Waals surface area contributed by atoms with Gasteiger partial charge >= 0.3 is 0 Å². The van der Waals surface area contributed by atoms with E-state index in [9.17, 15) is 10.1 Å². The molecular formula is C14H11N3O2. The Balaban J connectivity index is 2.44. The minimum atomic E-state index is -0.407. The number of nitrogens with one attached hydrogen (secondary N) is 1. The lowest BCUT2D eigenvalue weighted by atomic mass is 10.1. The Bertz CT molecular complexity index is 799. The van der Waals surface area contributed by atoms with E-state index >= 15 is 0 Å². The summed E-state index contributed by atoms with van der Waals surface area (Å²) in [6.45, 7) is 0. The zero-order chi connectivity index (χ0) is 13.4. The van der Waals surface area contributed by atoms with E-state index < -0.39 is 4.92 Å². The van der Waals surface area contributed by atoms with Gasteiger partial charge in [0.25, 0.3) is 5.69 Å². The number of benzene rings is 2. The standard InChI is InChI=1S/C14H11N3O2/c1-15-14-10-4-2-3-5-12(10)16-13-8-9(17(18)19)6-7-11(13)14/h2-8H,1H3,(H,15,16). The van der Waals surface area contributed by atoms with Crippen LogP contribution in [0.4, 0.5) is 11.4 Å². The first-order valence-electron chi connectivity index (χ1n) is 5.85. The highest BCUT2D eigenvalue weighted by Crippen LogP contribution is 2.31. The van der Waals surface area contributed by atoms with Crippen molar-refractivity contribution in [2.45, 2.75) is 0 Å². The van der Waals surface area contributed by atoms with Crippen molar-refractivity contribution in [2.75, 3.05) is 12.4 Å². The van der Waals surface area contributed by atoms with Crippen molar-refractivity contribution < 1.29 is 4.92 Å². The van der Waals surface area contributed by atoms with Gasteiger partial charge in [-0.3, -0.25) is 10.1 Å². The summed E-state index contributed by atoms with van der Waals surface area (Å²) >= 11 is 0. The smallest absolute Gasteiger partial charge is 0.271 e. The van der Waals surface area contributed by atoms with Gasteiger partial charge in [0.05, 0.1) is 21.6 Å². The number of anilines is 1. The van der Waals surface area contributed by atoms with Gasteiger partial charge < -0.3 is 5.32 Å². The van der Waals surface area contributed by atoms with Crippen molar-refractivity contribution in [3.05, 3.63) is 52.6 Å². The van der Waals surface area contributed by atoms with Gasteiger partial charge in [0.2, 0.25) is 0 Å². The zero-order valence-corrected chi connectivity index (χ0v) is 10.3. The summed E-state index contributed by atoms with van der Waals surface area (Å²) in [4.78, 5) is 14.9. The van der Waals surface area contributed by atoms with Crippen LogP contribution >= 0.6 is 0 Å². The number of pyridine rings is 1. The van der Waals surface area contributed by atoms with E-state index in [1.165, 1.54) is 12.1 Å². The van der Waals surface area contributed by atoms with E-state index in [4.69, 9.17) is 0 Å². The van der Waals surface area contributed by atoms with E-state index in [1.54, 1.807) is 6.07 Å². The predicted molar refractivity (Wildman–Crippen MR) is 75.5 cm³/mol. The van der Waals surface area contributed by atoms with Crippen LogP contribution in [0.3, 0.4) is 0 Å². The minimum absolute atomic E-state index is 0.0531. The van der Waals surface area contributed by atoms with Crippen LogP contribution in [-0.4, -0.2) is 17.0 Å². The molecule has 0 saturated carbocycles. The molecule has 2 aromatic carbocycles. The third kappa shape index (κ3) is 1.76. The second-order valence-corrected chi connectivity index (χ2v) is 4.21. The van der Waals surface area contributed by atoms with E-state index in [1.807, 2.05) is 31.3 Å². The number of rotatable bonds is 2. The van der Waals surface area contributed by atoms with Crippen LogP contribution in [0.25, 0.3) is 21.8 Å². The molecule has 1 N–H and O–H groups in total. The molecule has 0 aliphatic carbocycles. The summed E-state index contributed by atoms with van der Waals surface area (Å²) in [7, 11) is 1.84. The zero-order valence-electron chi connectivity index (χ0n) is 10.3. The number of nitro groups is 1. The molecule has 0 atom stereocenters. The number of non-ortho nitro benzene ring substituents is 1. The average Bonchev–Trinajstić information content (AvgIpc) is 2.43. The second kappa shape index (κ2) is 4.20. The molecule has 94 valence electrons. The first-order valence-corrected chi connectivity index (χ1v) is 5.85. The highest BCUT2D eigenvalue weighted by molar-refractivity contribution is 6.07. The summed E-state index contributed by atoms with van der Waals surface area (Å²) < 4.78 is 0. The molecular weight excluding hydrogens is 242 g/mol. The third-order valence-electron chi connectivity index (χ3n) is 3.13. The lowest BCUT2D eigenvalue weighted by Gasteiger charge is -2.09. The SMILES string of the molecule is CNc1c2ccccc2nc2cc([N+](=O)[O-])ccc12. The van der Waals surface area contributed by atoms with Gasteiger partial charge in [0.1, 0.15) is 0 Å². The molecule has 19 heavy (non-hydrogen) atoms. The van der Waals surface area contributed by atoms with Crippen molar-refractivity contribution >= 4 is 33.2 Å². The molecule has 0 fully saturated rings. The number of nitro benzene ring substituents is 1. The molecule has 1 heterocycles. The van der Waals surface area contributed by atoms with Gasteiger partial charge in [-0.05, 0) is 12.1 Å². The second-order valence-electron chi connectivity index (χ2n) is 4.21. The van der Waals surface area contributed by atoms with Gasteiger partial charge in [-0.15, -0.1) is 0 Å². The molecule has 0 saturated heterocycles. The van der Waals surface area contributed by atoms with Crippen LogP contribution in [-0.2, 0) is 0 Å². The van der Waals surface area contributed by atoms with Crippen LogP contribution in [0, 0.1) is 10.1 Å². The Morgan fingerprint density at radius 2 is 1.84 bits per heavy atom. The van der Waals surface area contributed by atoms with Crippen LogP contribution in [0.15, 0.2) is 42.5 Å². The van der Waals surface area contributed by atoms with Crippen molar-refractivity contribution in [2.24, 2.45) is 0 Å². The monoisotopic (exact) mass is 253 g/mol. The number of hydrogen-bond donors (Lipinski definition) is 1. The molecule has 0 aliphatic rings. The Hall–Kier alpha value is -2.69. The topological polar surface area (TPSA) is 68.1 Å². The van der Waals surface area contributed by atoms with Crippen LogP contribution in [0.1, 0.15) is 0 Å². The molecule has 0 radical (unpaired) electrons. The molecule has 0 amide bonds. The fourth-order valence-corrected chi connectivity index (χ4v) is 2.26. The van der Waals surface area contributed by atoms with Crippen LogP contribution < -0.4 is 5.32 Å². The largest absolute Gasteiger partial charge is 0.387 e. The molecule has 3 aromatic rings. The first kappa shape index (κ1) is 11.4. The van der Waals surface area contributed by atoms with Crippen molar-refractivity contribution in [1.82, 2.24) is 4.98 Å². The molecule has 0 aliphatic heterocycles. The maximum Gasteiger partial charge on any atom is 0.271 e. The van der Waals surface area contributed by atoms with E-state index in [2.05, 4.69) is 10.3 Å². The summed E-state index contributed by atoms with van der Waals surface area (Å²) in [6, 6.07) is 12.5. The molecule has 0 unspecified atom stereocenters. The van der Waals surface area contributed by atoms with Crippen molar-refractivity contribution in [3.63, 3.8) is 0 Å². The summed E-state index contributed by atoms with van der Waals surface area (Å²) in [5, 5.41) is 15.9. The normalized spacial score (nSPS) is 10.8. The van der Waals surface area contributed by atoms with Crippen molar-refractivity contribution in [1.29, 1.82) is 0 Å². The summed E-state index contributed by atoms with van der Waals surface area (Å²) in [6.07, 6.45) is 0. The van der Waals surface area contributed by atoms with Gasteiger partial charge in [0.15, 0.2) is 0 Å². The Morgan fingerprint density at radius 1 is 1.11 bits per heavy atom. The Kier molecular flexibility index (Phi) is 2.52. The molecule has 5 nitrogen and oxygen atoms in total. The van der Waals surface area contributed by atoms with Gasteiger partial charge in [-0.2, -0.15) is 0 Å². The highest BCUT2D eigenvalue weighted by atomic mass is 16.6. The number of aromatic nitrogens is 1. The van der Waals surface area contributed by atoms with E-state index in [0.717, 1.165) is 22.0 Å². The Labute approximate surface area is 109 Å². The van der Waals surface area contributed by atoms with Gasteiger partial charge in [-0.25, -0.2) is 4.98 Å². The fraction of sp³-hybridized carbons (Fsp3) is 0.0714. The maximum absolute atomic E-state index is 10.8. The van der Waals surface area contributed by atoms with Gasteiger partial charge in [-0.1, -0.05) is 18.2 Å². The molecule has 5 heteroatoms. The number of hydrogen-bond acceptors (Lipinski definition) is 4. The van der Waals surface area contributed by atoms with Crippen LogP contribution in [0.2, 0.25) is 0 Å². The number of nitrogens with zero attached hydrogens (tertiary/aromatic N) is 2. The quantitative estimate of drug-likeness (QED) is 0.432. The molecule has 0 spiro atoms. The predicted octanol–water partition coefficient (Wildman–Crippen LogP) is 3.34.